The molecule has 0 aliphatic carbocycles. The molecule has 148 valence electrons. The molecular weight excluding hydrogens is 433 g/mol. The molecule has 0 aromatic heterocycles. The number of carbonyl (C=O) groups is 1. The number of hydrogen-bond acceptors (Lipinski definition) is 4. The van der Waals surface area contributed by atoms with Crippen molar-refractivity contribution >= 4 is 35.9 Å². The predicted octanol–water partition coefficient (Wildman–Crippen LogP) is 2.91. The van der Waals surface area contributed by atoms with Gasteiger partial charge in [-0.25, -0.2) is 0 Å². The van der Waals surface area contributed by atoms with Gasteiger partial charge in [0.05, 0.1) is 12.5 Å². The molecule has 0 radical (unpaired) electrons. The highest BCUT2D eigenvalue weighted by molar-refractivity contribution is 14.0. The van der Waals surface area contributed by atoms with Crippen molar-refractivity contribution in [3.63, 3.8) is 0 Å². The molecule has 7 heteroatoms. The second kappa shape index (κ2) is 14.6. The largest absolute Gasteiger partial charge is 0.466 e. The van der Waals surface area contributed by atoms with Gasteiger partial charge in [-0.2, -0.15) is 0 Å². The van der Waals surface area contributed by atoms with Gasteiger partial charge in [0, 0.05) is 39.4 Å². The molecule has 0 spiro atoms. The summed E-state index contributed by atoms with van der Waals surface area (Å²) in [6.07, 6.45) is 2.60. The molecule has 1 saturated heterocycles. The maximum absolute atomic E-state index is 11.8. The Kier molecular flexibility index (Phi) is 14.3. The summed E-state index contributed by atoms with van der Waals surface area (Å²) in [6, 6.07) is 0. The van der Waals surface area contributed by atoms with E-state index in [9.17, 15) is 4.79 Å². The van der Waals surface area contributed by atoms with E-state index in [1.807, 2.05) is 6.92 Å². The fraction of sp³-hybridized carbons (Fsp3) is 0.889. The number of aliphatic imine (C=N–C) groups is 1. The maximum Gasteiger partial charge on any atom is 0.309 e. The van der Waals surface area contributed by atoms with Gasteiger partial charge >= 0.3 is 5.97 Å². The topological polar surface area (TPSA) is 63.2 Å². The van der Waals surface area contributed by atoms with E-state index in [1.165, 1.54) is 0 Å². The van der Waals surface area contributed by atoms with Crippen LogP contribution in [0.1, 0.15) is 47.0 Å². The monoisotopic (exact) mass is 469 g/mol. The number of hydrogen-bond donors (Lipinski definition) is 1. The third-order valence-electron chi connectivity index (χ3n) is 3.91. The first-order valence-corrected chi connectivity index (χ1v) is 9.36. The van der Waals surface area contributed by atoms with Crippen LogP contribution in [0.4, 0.5) is 0 Å². The third-order valence-corrected chi connectivity index (χ3v) is 3.91. The van der Waals surface area contributed by atoms with E-state index in [1.54, 1.807) is 0 Å². The van der Waals surface area contributed by atoms with E-state index in [2.05, 4.69) is 31.0 Å². The Bertz CT molecular complexity index is 384. The van der Waals surface area contributed by atoms with Gasteiger partial charge in [0.15, 0.2) is 5.96 Å². The van der Waals surface area contributed by atoms with Crippen LogP contribution in [0.25, 0.3) is 0 Å². The Morgan fingerprint density at radius 3 is 2.52 bits per heavy atom. The van der Waals surface area contributed by atoms with E-state index in [-0.39, 0.29) is 35.9 Å². The first-order chi connectivity index (χ1) is 11.6. The van der Waals surface area contributed by atoms with Crippen LogP contribution in [0, 0.1) is 11.8 Å². The van der Waals surface area contributed by atoms with Crippen molar-refractivity contribution in [2.75, 3.05) is 46.0 Å². The van der Waals surface area contributed by atoms with Gasteiger partial charge in [0.25, 0.3) is 0 Å². The van der Waals surface area contributed by atoms with Crippen LogP contribution in [-0.2, 0) is 14.3 Å². The number of likely N-dealkylation sites (tertiary alicyclic amines) is 1. The van der Waals surface area contributed by atoms with Gasteiger partial charge in [-0.3, -0.25) is 9.79 Å². The van der Waals surface area contributed by atoms with Gasteiger partial charge in [-0.05, 0) is 39.0 Å². The summed E-state index contributed by atoms with van der Waals surface area (Å²) in [5.41, 5.74) is 0. The quantitative estimate of drug-likeness (QED) is 0.185. The smallest absolute Gasteiger partial charge is 0.309 e. The van der Waals surface area contributed by atoms with Crippen molar-refractivity contribution in [2.24, 2.45) is 16.8 Å². The van der Waals surface area contributed by atoms with E-state index in [0.29, 0.717) is 12.5 Å². The molecule has 1 fully saturated rings. The zero-order chi connectivity index (χ0) is 17.8. The number of nitrogens with zero attached hydrogens (tertiary/aromatic N) is 2. The SMILES string of the molecule is CCNC(=NCCCOCC(C)C)N1CCC(C(=O)OCC)CC1.I. The first-order valence-electron chi connectivity index (χ1n) is 9.36. The van der Waals surface area contributed by atoms with Crippen molar-refractivity contribution in [3.8, 4) is 0 Å². The van der Waals surface area contributed by atoms with E-state index < -0.39 is 0 Å². The average molecular weight is 469 g/mol. The Morgan fingerprint density at radius 1 is 1.28 bits per heavy atom. The molecule has 1 aliphatic rings. The first kappa shape index (κ1) is 24.4. The zero-order valence-electron chi connectivity index (χ0n) is 16.3. The summed E-state index contributed by atoms with van der Waals surface area (Å²) in [4.78, 5) is 18.8. The van der Waals surface area contributed by atoms with E-state index in [4.69, 9.17) is 14.5 Å². The Hall–Kier alpha value is -0.570. The lowest BCUT2D eigenvalue weighted by molar-refractivity contribution is -0.149. The summed E-state index contributed by atoms with van der Waals surface area (Å²) in [7, 11) is 0. The molecule has 0 unspecified atom stereocenters. The summed E-state index contributed by atoms with van der Waals surface area (Å²) < 4.78 is 10.7. The molecule has 0 amide bonds. The minimum absolute atomic E-state index is 0. The van der Waals surface area contributed by atoms with Gasteiger partial charge in [0.2, 0.25) is 0 Å². The standard InChI is InChI=1S/C18H35N3O3.HI/c1-5-19-18(20-10-7-13-23-14-15(3)4)21-11-8-16(9-12-21)17(22)24-6-2;/h15-16H,5-14H2,1-4H3,(H,19,20);1H. The summed E-state index contributed by atoms with van der Waals surface area (Å²) >= 11 is 0. The van der Waals surface area contributed by atoms with Gasteiger partial charge in [0.1, 0.15) is 0 Å². The lowest BCUT2D eigenvalue weighted by Crippen LogP contribution is -2.46. The van der Waals surface area contributed by atoms with Crippen molar-refractivity contribution < 1.29 is 14.3 Å². The number of piperidine rings is 1. The molecule has 1 rings (SSSR count). The van der Waals surface area contributed by atoms with E-state index in [0.717, 1.165) is 64.6 Å². The molecule has 6 nitrogen and oxygen atoms in total. The molecule has 1 N–H and O–H groups in total. The molecule has 0 atom stereocenters. The number of halogens is 1. The minimum atomic E-state index is -0.0543. The molecule has 0 aromatic rings. The summed E-state index contributed by atoms with van der Waals surface area (Å²) in [5, 5.41) is 3.35. The highest BCUT2D eigenvalue weighted by Gasteiger charge is 2.27. The zero-order valence-corrected chi connectivity index (χ0v) is 18.6. The Labute approximate surface area is 170 Å². The maximum atomic E-state index is 11.8. The van der Waals surface area contributed by atoms with Gasteiger partial charge < -0.3 is 19.7 Å². The van der Waals surface area contributed by atoms with Crippen molar-refractivity contribution in [2.45, 2.75) is 47.0 Å². The summed E-state index contributed by atoms with van der Waals surface area (Å²) in [6.45, 7) is 13.6. The van der Waals surface area contributed by atoms with Crippen molar-refractivity contribution in [3.05, 3.63) is 0 Å². The normalized spacial score (nSPS) is 15.9. The number of esters is 1. The second-order valence-corrected chi connectivity index (χ2v) is 6.57. The fourth-order valence-corrected chi connectivity index (χ4v) is 2.68. The highest BCUT2D eigenvalue weighted by Crippen LogP contribution is 2.18. The summed E-state index contributed by atoms with van der Waals surface area (Å²) in [5.74, 6) is 1.50. The number of nitrogens with one attached hydrogen (secondary N) is 1. The van der Waals surface area contributed by atoms with Crippen molar-refractivity contribution in [1.29, 1.82) is 0 Å². The molecule has 25 heavy (non-hydrogen) atoms. The van der Waals surface area contributed by atoms with Gasteiger partial charge in [-0.15, -0.1) is 24.0 Å². The van der Waals surface area contributed by atoms with Crippen LogP contribution in [0.5, 0.6) is 0 Å². The second-order valence-electron chi connectivity index (χ2n) is 6.57. The Balaban J connectivity index is 0.00000576. The van der Waals surface area contributed by atoms with Crippen LogP contribution in [0.2, 0.25) is 0 Å². The van der Waals surface area contributed by atoms with Crippen LogP contribution in [-0.4, -0.2) is 62.8 Å². The molecule has 0 bridgehead atoms. The van der Waals surface area contributed by atoms with Crippen LogP contribution in [0.3, 0.4) is 0 Å². The van der Waals surface area contributed by atoms with Crippen LogP contribution in [0.15, 0.2) is 4.99 Å². The minimum Gasteiger partial charge on any atom is -0.466 e. The highest BCUT2D eigenvalue weighted by atomic mass is 127. The van der Waals surface area contributed by atoms with E-state index >= 15 is 0 Å². The molecule has 1 heterocycles. The number of rotatable bonds is 9. The fourth-order valence-electron chi connectivity index (χ4n) is 2.68. The molecule has 0 aromatic carbocycles. The van der Waals surface area contributed by atoms with Crippen LogP contribution >= 0.6 is 24.0 Å². The van der Waals surface area contributed by atoms with Crippen LogP contribution < -0.4 is 5.32 Å². The molecular formula is C18H36IN3O3. The predicted molar refractivity (Wildman–Crippen MR) is 113 cm³/mol. The number of ether oxygens (including phenoxy) is 2. The molecule has 1 aliphatic heterocycles. The third kappa shape index (κ3) is 10.2. The average Bonchev–Trinajstić information content (AvgIpc) is 2.57. The Morgan fingerprint density at radius 2 is 1.96 bits per heavy atom. The number of guanidine groups is 1. The lowest BCUT2D eigenvalue weighted by Gasteiger charge is -2.33. The van der Waals surface area contributed by atoms with Gasteiger partial charge in [-0.1, -0.05) is 13.8 Å². The number of carbonyl (C=O) groups excluding carboxylic acids is 1. The lowest BCUT2D eigenvalue weighted by atomic mass is 9.97. The van der Waals surface area contributed by atoms with Crippen molar-refractivity contribution in [1.82, 2.24) is 10.2 Å². The molecule has 0 saturated carbocycles.